The molecule has 10 heteroatoms. The number of sulfonamides is 1. The number of hydrogen-bond donors (Lipinski definition) is 2. The molecule has 1 unspecified atom stereocenters. The average molecular weight is 415 g/mol. The molecular formula is C18H26FN3O5S. The van der Waals surface area contributed by atoms with E-state index in [0.29, 0.717) is 19.6 Å². The van der Waals surface area contributed by atoms with Crippen molar-refractivity contribution in [3.8, 4) is 0 Å². The lowest BCUT2D eigenvalue weighted by Crippen LogP contribution is -2.53. The van der Waals surface area contributed by atoms with E-state index in [2.05, 4.69) is 10.6 Å². The van der Waals surface area contributed by atoms with Gasteiger partial charge in [0.1, 0.15) is 12.0 Å². The Labute approximate surface area is 164 Å². The van der Waals surface area contributed by atoms with Gasteiger partial charge in [-0.2, -0.15) is 4.31 Å². The molecule has 1 fully saturated rings. The molecule has 1 heterocycles. The largest absolute Gasteiger partial charge is 0.360 e. The highest BCUT2D eigenvalue weighted by Gasteiger charge is 2.35. The van der Waals surface area contributed by atoms with Crippen LogP contribution in [0.25, 0.3) is 0 Å². The van der Waals surface area contributed by atoms with Crippen LogP contribution >= 0.6 is 0 Å². The number of amides is 2. The Kier molecular flexibility index (Phi) is 7.90. The lowest BCUT2D eigenvalue weighted by atomic mass is 10.2. The fraction of sp³-hybridized carbons (Fsp3) is 0.556. The van der Waals surface area contributed by atoms with Crippen LogP contribution in [0.1, 0.15) is 31.7 Å². The van der Waals surface area contributed by atoms with E-state index >= 15 is 0 Å². The van der Waals surface area contributed by atoms with Crippen LogP contribution in [-0.2, 0) is 24.3 Å². The van der Waals surface area contributed by atoms with E-state index < -0.39 is 33.9 Å². The summed E-state index contributed by atoms with van der Waals surface area (Å²) in [6, 6.07) is 3.56. The van der Waals surface area contributed by atoms with E-state index in [4.69, 9.17) is 4.74 Å². The molecule has 0 saturated carbocycles. The molecule has 0 radical (unpaired) electrons. The van der Waals surface area contributed by atoms with Gasteiger partial charge in [-0.25, -0.2) is 12.8 Å². The summed E-state index contributed by atoms with van der Waals surface area (Å²) in [5.74, 6) is -2.11. The predicted octanol–water partition coefficient (Wildman–Crippen LogP) is 0.904. The molecule has 1 aromatic carbocycles. The number of ether oxygens (including phenoxy) is 1. The molecule has 2 amide bonds. The van der Waals surface area contributed by atoms with Crippen molar-refractivity contribution in [3.05, 3.63) is 29.6 Å². The number of carbonyl (C=O) groups excluding carboxylic acids is 2. The first-order valence-electron chi connectivity index (χ1n) is 9.23. The molecule has 8 nitrogen and oxygen atoms in total. The van der Waals surface area contributed by atoms with Crippen molar-refractivity contribution in [2.45, 2.75) is 44.2 Å². The normalized spacial score (nSPS) is 17.9. The highest BCUT2D eigenvalue weighted by atomic mass is 32.2. The molecule has 0 spiro atoms. The van der Waals surface area contributed by atoms with E-state index in [0.717, 1.165) is 23.2 Å². The Balaban J connectivity index is 2.06. The third-order valence-electron chi connectivity index (χ3n) is 4.35. The van der Waals surface area contributed by atoms with Gasteiger partial charge in [-0.1, -0.05) is 13.3 Å². The van der Waals surface area contributed by atoms with Gasteiger partial charge in [-0.3, -0.25) is 9.59 Å². The van der Waals surface area contributed by atoms with Crippen LogP contribution in [0.3, 0.4) is 0 Å². The molecule has 1 aromatic rings. The van der Waals surface area contributed by atoms with Gasteiger partial charge in [0.05, 0.1) is 18.0 Å². The lowest BCUT2D eigenvalue weighted by molar-refractivity contribution is -0.140. The van der Waals surface area contributed by atoms with E-state index in [1.54, 1.807) is 0 Å². The van der Waals surface area contributed by atoms with E-state index in [9.17, 15) is 22.4 Å². The topological polar surface area (TPSA) is 105 Å². The van der Waals surface area contributed by atoms with Crippen molar-refractivity contribution >= 4 is 21.8 Å². The molecule has 156 valence electrons. The average Bonchev–Trinajstić information content (AvgIpc) is 2.68. The summed E-state index contributed by atoms with van der Waals surface area (Å²) in [5.41, 5.74) is 0.215. The van der Waals surface area contributed by atoms with Crippen LogP contribution in [-0.4, -0.2) is 57.0 Å². The summed E-state index contributed by atoms with van der Waals surface area (Å²) in [4.78, 5) is 23.6. The van der Waals surface area contributed by atoms with Crippen molar-refractivity contribution in [1.82, 2.24) is 14.9 Å². The van der Waals surface area contributed by atoms with Crippen LogP contribution in [0, 0.1) is 12.7 Å². The highest BCUT2D eigenvalue weighted by molar-refractivity contribution is 7.89. The van der Waals surface area contributed by atoms with Crippen molar-refractivity contribution in [2.24, 2.45) is 0 Å². The molecule has 0 aromatic heterocycles. The number of unbranched alkanes of at least 4 members (excludes halogenated alkanes) is 1. The first-order chi connectivity index (χ1) is 13.3. The second-order valence-electron chi connectivity index (χ2n) is 6.53. The number of nitrogens with zero attached hydrogens (tertiary/aromatic N) is 1. The Morgan fingerprint density at radius 1 is 1.29 bits per heavy atom. The van der Waals surface area contributed by atoms with Crippen LogP contribution in [0.5, 0.6) is 0 Å². The number of rotatable bonds is 7. The molecule has 1 aliphatic rings. The number of aryl methyl sites for hydroxylation is 1. The number of carbonyl (C=O) groups is 2. The smallest absolute Gasteiger partial charge is 0.309 e. The van der Waals surface area contributed by atoms with E-state index in [1.165, 1.54) is 19.1 Å². The molecule has 2 N–H and O–H groups in total. The zero-order chi connectivity index (χ0) is 20.7. The van der Waals surface area contributed by atoms with E-state index in [-0.39, 0.29) is 23.5 Å². The van der Waals surface area contributed by atoms with Crippen molar-refractivity contribution in [1.29, 1.82) is 0 Å². The van der Waals surface area contributed by atoms with Gasteiger partial charge < -0.3 is 15.4 Å². The third kappa shape index (κ3) is 5.49. The van der Waals surface area contributed by atoms with Gasteiger partial charge in [0.15, 0.2) is 0 Å². The molecule has 0 bridgehead atoms. The van der Waals surface area contributed by atoms with Gasteiger partial charge in [0.2, 0.25) is 10.0 Å². The maximum Gasteiger partial charge on any atom is 0.309 e. The quantitative estimate of drug-likeness (QED) is 0.509. The Hall–Kier alpha value is -2.04. The monoisotopic (exact) mass is 415 g/mol. The van der Waals surface area contributed by atoms with Gasteiger partial charge >= 0.3 is 11.8 Å². The maximum absolute atomic E-state index is 13.5. The SMILES string of the molecule is CCCCNC(=O)C(=O)NCC1OCCCN1S(=O)(=O)c1ccc(F)c(C)c1. The number of benzene rings is 1. The minimum atomic E-state index is -3.95. The second-order valence-corrected chi connectivity index (χ2v) is 8.42. The molecular weight excluding hydrogens is 389 g/mol. The van der Waals surface area contributed by atoms with Crippen molar-refractivity contribution in [2.75, 3.05) is 26.2 Å². The number of nitrogens with one attached hydrogen (secondary N) is 2. The zero-order valence-electron chi connectivity index (χ0n) is 16.0. The van der Waals surface area contributed by atoms with Crippen molar-refractivity contribution < 1.29 is 27.1 Å². The lowest BCUT2D eigenvalue weighted by Gasteiger charge is -2.34. The highest BCUT2D eigenvalue weighted by Crippen LogP contribution is 2.23. The van der Waals surface area contributed by atoms with Gasteiger partial charge in [-0.05, 0) is 43.5 Å². The molecule has 1 saturated heterocycles. The van der Waals surface area contributed by atoms with Crippen LogP contribution in [0.15, 0.2) is 23.1 Å². The zero-order valence-corrected chi connectivity index (χ0v) is 16.9. The van der Waals surface area contributed by atoms with E-state index in [1.807, 2.05) is 6.92 Å². The molecule has 28 heavy (non-hydrogen) atoms. The summed E-state index contributed by atoms with van der Waals surface area (Å²) in [7, 11) is -3.95. The van der Waals surface area contributed by atoms with Crippen LogP contribution < -0.4 is 10.6 Å². The summed E-state index contributed by atoms with van der Waals surface area (Å²) in [6.45, 7) is 4.20. The predicted molar refractivity (Wildman–Crippen MR) is 100 cm³/mol. The summed E-state index contributed by atoms with van der Waals surface area (Å²) >= 11 is 0. The Morgan fingerprint density at radius 3 is 2.68 bits per heavy atom. The summed E-state index contributed by atoms with van der Waals surface area (Å²) in [5, 5.41) is 4.90. The molecule has 1 atom stereocenters. The summed E-state index contributed by atoms with van der Waals surface area (Å²) < 4.78 is 46.0. The Morgan fingerprint density at radius 2 is 2.00 bits per heavy atom. The minimum Gasteiger partial charge on any atom is -0.360 e. The minimum absolute atomic E-state index is 0.0504. The standard InChI is InChI=1S/C18H26FN3O5S/c1-3-4-8-20-17(23)18(24)21-12-16-22(9-5-10-27-16)28(25,26)14-6-7-15(19)13(2)11-14/h6-7,11,16H,3-5,8-10,12H2,1-2H3,(H,20,23)(H,21,24). The fourth-order valence-electron chi connectivity index (χ4n) is 2.73. The van der Waals surface area contributed by atoms with Gasteiger partial charge in [0.25, 0.3) is 0 Å². The first-order valence-corrected chi connectivity index (χ1v) is 10.7. The third-order valence-corrected chi connectivity index (χ3v) is 6.23. The van der Waals surface area contributed by atoms with Crippen LogP contribution in [0.2, 0.25) is 0 Å². The first kappa shape index (κ1) is 22.3. The van der Waals surface area contributed by atoms with Gasteiger partial charge in [0, 0.05) is 13.1 Å². The van der Waals surface area contributed by atoms with Crippen molar-refractivity contribution in [3.63, 3.8) is 0 Å². The number of halogens is 1. The molecule has 2 rings (SSSR count). The Bertz CT molecular complexity index is 815. The molecule has 0 aliphatic carbocycles. The molecule has 1 aliphatic heterocycles. The number of hydrogen-bond acceptors (Lipinski definition) is 5. The maximum atomic E-state index is 13.5. The van der Waals surface area contributed by atoms with Crippen LogP contribution in [0.4, 0.5) is 4.39 Å². The fourth-order valence-corrected chi connectivity index (χ4v) is 4.39. The second kappa shape index (κ2) is 9.94. The van der Waals surface area contributed by atoms with Gasteiger partial charge in [-0.15, -0.1) is 0 Å². The summed E-state index contributed by atoms with van der Waals surface area (Å²) in [6.07, 6.45) is 1.18.